The minimum absolute atomic E-state index is 0.803. The van der Waals surface area contributed by atoms with E-state index in [4.69, 9.17) is 0 Å². The zero-order chi connectivity index (χ0) is 11.3. The van der Waals surface area contributed by atoms with E-state index in [-0.39, 0.29) is 0 Å². The maximum Gasteiger partial charge on any atom is 0.0638 e. The van der Waals surface area contributed by atoms with Crippen molar-refractivity contribution in [1.29, 1.82) is 0 Å². The summed E-state index contributed by atoms with van der Waals surface area (Å²) in [4.78, 5) is 0. The lowest BCUT2D eigenvalue weighted by Crippen LogP contribution is -2.22. The van der Waals surface area contributed by atoms with Crippen molar-refractivity contribution < 1.29 is 0 Å². The number of nitrogens with zero attached hydrogens (tertiary/aromatic N) is 1. The number of H-pyrrole nitrogens is 1. The van der Waals surface area contributed by atoms with E-state index in [1.807, 2.05) is 0 Å². The molecule has 0 aliphatic heterocycles. The Bertz CT molecular complexity index is 268. The van der Waals surface area contributed by atoms with Crippen LogP contribution in [0, 0.1) is 19.8 Å². The molecule has 1 aromatic rings. The van der Waals surface area contributed by atoms with Gasteiger partial charge in [0.15, 0.2) is 0 Å². The number of hydrogen-bond donors (Lipinski definition) is 2. The van der Waals surface area contributed by atoms with Crippen LogP contribution in [0.3, 0.4) is 0 Å². The van der Waals surface area contributed by atoms with Crippen molar-refractivity contribution >= 4 is 0 Å². The van der Waals surface area contributed by atoms with E-state index >= 15 is 0 Å². The predicted octanol–water partition coefficient (Wildman–Crippen LogP) is 2.55. The lowest BCUT2D eigenvalue weighted by atomic mass is 10.0. The molecule has 0 amide bonds. The molecule has 1 heterocycles. The first-order valence-corrected chi connectivity index (χ1v) is 5.90. The van der Waals surface area contributed by atoms with Gasteiger partial charge in [0.1, 0.15) is 0 Å². The van der Waals surface area contributed by atoms with Crippen molar-refractivity contribution in [2.24, 2.45) is 5.92 Å². The van der Waals surface area contributed by atoms with Crippen molar-refractivity contribution in [3.8, 4) is 0 Å². The van der Waals surface area contributed by atoms with Crippen LogP contribution in [-0.4, -0.2) is 16.7 Å². The summed E-state index contributed by atoms with van der Waals surface area (Å²) in [6.07, 6.45) is 2.51. The molecular formula is C12H23N3. The van der Waals surface area contributed by atoms with Gasteiger partial charge in [-0.15, -0.1) is 0 Å². The fourth-order valence-corrected chi connectivity index (χ4v) is 1.81. The van der Waals surface area contributed by atoms with Gasteiger partial charge in [-0.3, -0.25) is 5.10 Å². The van der Waals surface area contributed by atoms with Crippen LogP contribution in [0.4, 0.5) is 0 Å². The van der Waals surface area contributed by atoms with Gasteiger partial charge >= 0.3 is 0 Å². The molecule has 0 unspecified atom stereocenters. The number of nitrogens with one attached hydrogen (secondary N) is 2. The first-order valence-electron chi connectivity index (χ1n) is 5.90. The Morgan fingerprint density at radius 1 is 1.27 bits per heavy atom. The third kappa shape index (κ3) is 3.34. The molecular weight excluding hydrogens is 186 g/mol. The number of aromatic amines is 1. The average molecular weight is 209 g/mol. The van der Waals surface area contributed by atoms with Crippen molar-refractivity contribution in [1.82, 2.24) is 15.5 Å². The second kappa shape index (κ2) is 5.91. The highest BCUT2D eigenvalue weighted by Gasteiger charge is 2.07. The molecule has 1 rings (SSSR count). The van der Waals surface area contributed by atoms with Gasteiger partial charge in [0.05, 0.1) is 5.69 Å². The van der Waals surface area contributed by atoms with Crippen LogP contribution in [0.5, 0.6) is 0 Å². The summed E-state index contributed by atoms with van der Waals surface area (Å²) in [5, 5.41) is 10.7. The molecule has 86 valence electrons. The van der Waals surface area contributed by atoms with Crippen molar-refractivity contribution in [3.63, 3.8) is 0 Å². The van der Waals surface area contributed by atoms with Crippen molar-refractivity contribution in [3.05, 3.63) is 17.0 Å². The molecule has 0 atom stereocenters. The van der Waals surface area contributed by atoms with Crippen molar-refractivity contribution in [2.75, 3.05) is 6.54 Å². The summed E-state index contributed by atoms with van der Waals surface area (Å²) in [5.74, 6) is 0.803. The van der Waals surface area contributed by atoms with E-state index in [1.54, 1.807) is 0 Å². The molecule has 0 aliphatic carbocycles. The van der Waals surface area contributed by atoms with E-state index < -0.39 is 0 Å². The molecule has 0 radical (unpaired) electrons. The molecule has 3 nitrogen and oxygen atoms in total. The molecule has 0 fully saturated rings. The van der Waals surface area contributed by atoms with Gasteiger partial charge in [-0.1, -0.05) is 26.7 Å². The van der Waals surface area contributed by atoms with Crippen LogP contribution in [0.2, 0.25) is 0 Å². The Balaban J connectivity index is 2.37. The Kier molecular flexibility index (Phi) is 4.82. The molecule has 0 saturated carbocycles. The zero-order valence-electron chi connectivity index (χ0n) is 10.4. The molecule has 1 aromatic heterocycles. The fourth-order valence-electron chi connectivity index (χ4n) is 1.81. The predicted molar refractivity (Wildman–Crippen MR) is 63.8 cm³/mol. The van der Waals surface area contributed by atoms with Crippen LogP contribution in [0.1, 0.15) is 43.6 Å². The third-order valence-corrected chi connectivity index (χ3v) is 3.17. The van der Waals surface area contributed by atoms with Gasteiger partial charge in [0.2, 0.25) is 0 Å². The van der Waals surface area contributed by atoms with E-state index in [2.05, 4.69) is 43.2 Å². The van der Waals surface area contributed by atoms with Gasteiger partial charge in [0.25, 0.3) is 0 Å². The fraction of sp³-hybridized carbons (Fsp3) is 0.750. The number of hydrogen-bond acceptors (Lipinski definition) is 2. The molecule has 2 N–H and O–H groups in total. The second-order valence-electron chi connectivity index (χ2n) is 4.23. The van der Waals surface area contributed by atoms with Gasteiger partial charge < -0.3 is 5.32 Å². The Morgan fingerprint density at radius 2 is 1.93 bits per heavy atom. The summed E-state index contributed by atoms with van der Waals surface area (Å²) in [6, 6.07) is 0. The van der Waals surface area contributed by atoms with Gasteiger partial charge in [0, 0.05) is 17.8 Å². The third-order valence-electron chi connectivity index (χ3n) is 3.17. The quantitative estimate of drug-likeness (QED) is 0.756. The molecule has 3 heteroatoms. The SMILES string of the molecule is CCC(CC)CNCc1c(C)n[nH]c1C. The molecule has 15 heavy (non-hydrogen) atoms. The number of aromatic nitrogens is 2. The zero-order valence-corrected chi connectivity index (χ0v) is 10.4. The summed E-state index contributed by atoms with van der Waals surface area (Å²) >= 11 is 0. The normalized spacial score (nSPS) is 11.3. The maximum absolute atomic E-state index is 4.19. The number of rotatable bonds is 6. The van der Waals surface area contributed by atoms with E-state index in [0.29, 0.717) is 0 Å². The molecule has 0 spiro atoms. The summed E-state index contributed by atoms with van der Waals surface area (Å²) in [5.41, 5.74) is 3.62. The second-order valence-corrected chi connectivity index (χ2v) is 4.23. The van der Waals surface area contributed by atoms with E-state index in [1.165, 1.54) is 24.1 Å². The highest BCUT2D eigenvalue weighted by Crippen LogP contribution is 2.10. The van der Waals surface area contributed by atoms with Crippen molar-refractivity contribution in [2.45, 2.75) is 47.1 Å². The summed E-state index contributed by atoms with van der Waals surface area (Å²) in [7, 11) is 0. The standard InChI is InChI=1S/C12H23N3/c1-5-11(6-2)7-13-8-12-9(3)14-15-10(12)4/h11,13H,5-8H2,1-4H3,(H,14,15). The highest BCUT2D eigenvalue weighted by molar-refractivity contribution is 5.22. The summed E-state index contributed by atoms with van der Waals surface area (Å²) < 4.78 is 0. The van der Waals surface area contributed by atoms with Crippen LogP contribution < -0.4 is 5.32 Å². The Labute approximate surface area is 92.7 Å². The lowest BCUT2D eigenvalue weighted by molar-refractivity contribution is 0.449. The van der Waals surface area contributed by atoms with Crippen LogP contribution in [0.25, 0.3) is 0 Å². The van der Waals surface area contributed by atoms with Gasteiger partial charge in [-0.05, 0) is 26.3 Å². The minimum atomic E-state index is 0.803. The summed E-state index contributed by atoms with van der Waals surface area (Å²) in [6.45, 7) is 10.7. The smallest absolute Gasteiger partial charge is 0.0638 e. The molecule has 0 aromatic carbocycles. The van der Waals surface area contributed by atoms with E-state index in [0.717, 1.165) is 24.7 Å². The van der Waals surface area contributed by atoms with E-state index in [9.17, 15) is 0 Å². The van der Waals surface area contributed by atoms with Crippen LogP contribution in [0.15, 0.2) is 0 Å². The molecule has 0 saturated heterocycles. The first kappa shape index (κ1) is 12.2. The lowest BCUT2D eigenvalue weighted by Gasteiger charge is -2.13. The maximum atomic E-state index is 4.19. The largest absolute Gasteiger partial charge is 0.312 e. The average Bonchev–Trinajstić information content (AvgIpc) is 2.55. The number of aryl methyl sites for hydroxylation is 2. The van der Waals surface area contributed by atoms with Gasteiger partial charge in [-0.25, -0.2) is 0 Å². The topological polar surface area (TPSA) is 40.7 Å². The first-order chi connectivity index (χ1) is 7.19. The molecule has 0 aliphatic rings. The minimum Gasteiger partial charge on any atom is -0.312 e. The monoisotopic (exact) mass is 209 g/mol. The van der Waals surface area contributed by atoms with Crippen LogP contribution in [-0.2, 0) is 6.54 Å². The highest BCUT2D eigenvalue weighted by atomic mass is 15.1. The Morgan fingerprint density at radius 3 is 2.40 bits per heavy atom. The van der Waals surface area contributed by atoms with Crippen LogP contribution >= 0.6 is 0 Å². The van der Waals surface area contributed by atoms with Gasteiger partial charge in [-0.2, -0.15) is 5.10 Å². The Hall–Kier alpha value is -0.830. The molecule has 0 bridgehead atoms.